The number of rotatable bonds is 6. The minimum atomic E-state index is -1.30. The van der Waals surface area contributed by atoms with Gasteiger partial charge in [0.25, 0.3) is 0 Å². The van der Waals surface area contributed by atoms with Gasteiger partial charge in [-0.15, -0.1) is 0 Å². The van der Waals surface area contributed by atoms with Gasteiger partial charge in [0, 0.05) is 12.2 Å². The number of ether oxygens (including phenoxy) is 1. The summed E-state index contributed by atoms with van der Waals surface area (Å²) in [5.41, 5.74) is 6.02. The lowest BCUT2D eigenvalue weighted by molar-refractivity contribution is -0.120. The standard InChI is InChI=1S/C14H20BN3O6/c1-2-23-13(20)9-5-3-4-8-6-10(15(22)24-12(8)9)18-11(19)7-17-14(16)21/h3-5,10,13,20,22H,2,6-7H2,1H3,(H,18,19)(H3,16,17,21)/t10-,13?/m0/s1. The Kier molecular flexibility index (Phi) is 6.01. The number of benzene rings is 1. The summed E-state index contributed by atoms with van der Waals surface area (Å²) in [7, 11) is -1.30. The molecule has 0 aliphatic carbocycles. The Hall–Kier alpha value is -2.30. The number of aliphatic hydroxyl groups excluding tert-OH is 1. The van der Waals surface area contributed by atoms with Gasteiger partial charge in [-0.3, -0.25) is 4.79 Å². The molecule has 3 amide bonds. The van der Waals surface area contributed by atoms with E-state index in [0.717, 1.165) is 0 Å². The minimum absolute atomic E-state index is 0.297. The van der Waals surface area contributed by atoms with Gasteiger partial charge in [0.1, 0.15) is 5.75 Å². The fraction of sp³-hybridized carbons (Fsp3) is 0.429. The molecule has 1 aromatic carbocycles. The first-order valence-electron chi connectivity index (χ1n) is 7.51. The molecule has 0 saturated heterocycles. The monoisotopic (exact) mass is 337 g/mol. The van der Waals surface area contributed by atoms with Gasteiger partial charge in [-0.25, -0.2) is 4.79 Å². The summed E-state index contributed by atoms with van der Waals surface area (Å²) in [6.45, 7) is 1.77. The van der Waals surface area contributed by atoms with Gasteiger partial charge in [-0.1, -0.05) is 18.2 Å². The quantitative estimate of drug-likeness (QED) is 0.327. The average Bonchev–Trinajstić information content (AvgIpc) is 2.53. The molecule has 0 fully saturated rings. The van der Waals surface area contributed by atoms with E-state index in [2.05, 4.69) is 10.6 Å². The van der Waals surface area contributed by atoms with Crippen LogP contribution >= 0.6 is 0 Å². The van der Waals surface area contributed by atoms with Crippen molar-refractivity contribution < 1.29 is 29.1 Å². The summed E-state index contributed by atoms with van der Waals surface area (Å²) in [5.74, 6) is -0.860. The van der Waals surface area contributed by atoms with Gasteiger partial charge in [0.05, 0.1) is 12.5 Å². The molecular formula is C14H20BN3O6. The van der Waals surface area contributed by atoms with Crippen molar-refractivity contribution in [2.75, 3.05) is 13.2 Å². The first kappa shape index (κ1) is 18.0. The maximum Gasteiger partial charge on any atom is 0.547 e. The highest BCUT2D eigenvalue weighted by atomic mass is 16.6. The third-order valence-corrected chi connectivity index (χ3v) is 3.51. The number of carbonyl (C=O) groups excluding carboxylic acids is 2. The molecule has 1 aliphatic heterocycles. The third-order valence-electron chi connectivity index (χ3n) is 3.51. The summed E-state index contributed by atoms with van der Waals surface area (Å²) in [6.07, 6.45) is -0.867. The maximum atomic E-state index is 11.7. The number of carbonyl (C=O) groups is 2. The van der Waals surface area contributed by atoms with Crippen LogP contribution in [-0.2, 0) is 16.0 Å². The van der Waals surface area contributed by atoms with Crippen LogP contribution in [-0.4, -0.2) is 48.3 Å². The van der Waals surface area contributed by atoms with Crippen molar-refractivity contribution in [2.24, 2.45) is 5.73 Å². The molecule has 6 N–H and O–H groups in total. The lowest BCUT2D eigenvalue weighted by Crippen LogP contribution is -2.55. The van der Waals surface area contributed by atoms with Crippen LogP contribution in [0, 0.1) is 0 Å². The van der Waals surface area contributed by atoms with Crippen LogP contribution in [0.4, 0.5) is 4.79 Å². The van der Waals surface area contributed by atoms with Gasteiger partial charge in [-0.05, 0) is 18.9 Å². The molecule has 2 atom stereocenters. The van der Waals surface area contributed by atoms with Crippen molar-refractivity contribution in [3.8, 4) is 5.75 Å². The molecule has 1 aromatic rings. The molecular weight excluding hydrogens is 317 g/mol. The Morgan fingerprint density at radius 1 is 1.54 bits per heavy atom. The first-order valence-corrected chi connectivity index (χ1v) is 7.51. The Balaban J connectivity index is 2.09. The molecule has 1 aliphatic rings. The largest absolute Gasteiger partial charge is 0.547 e. The van der Waals surface area contributed by atoms with E-state index in [9.17, 15) is 19.7 Å². The SMILES string of the molecule is CCOC(O)c1cccc2c1OB(O)[C@@H](NC(=O)CNC(N)=O)C2. The number of amides is 3. The highest BCUT2D eigenvalue weighted by molar-refractivity contribution is 6.46. The molecule has 0 aromatic heterocycles. The van der Waals surface area contributed by atoms with Crippen molar-refractivity contribution >= 4 is 19.1 Å². The van der Waals surface area contributed by atoms with E-state index in [0.29, 0.717) is 29.9 Å². The Labute approximate surface area is 139 Å². The van der Waals surface area contributed by atoms with Crippen LogP contribution in [0.15, 0.2) is 18.2 Å². The van der Waals surface area contributed by atoms with Crippen LogP contribution < -0.4 is 21.0 Å². The normalized spacial score (nSPS) is 17.5. The summed E-state index contributed by atoms with van der Waals surface area (Å²) in [5, 5.41) is 24.8. The topological polar surface area (TPSA) is 143 Å². The lowest BCUT2D eigenvalue weighted by atomic mass is 9.72. The zero-order valence-corrected chi connectivity index (χ0v) is 13.2. The number of primary amides is 1. The first-order chi connectivity index (χ1) is 11.4. The second kappa shape index (κ2) is 8.00. The molecule has 0 spiro atoms. The number of fused-ring (bicyclic) bond motifs is 1. The smallest absolute Gasteiger partial charge is 0.534 e. The summed E-state index contributed by atoms with van der Waals surface area (Å²) in [4.78, 5) is 22.3. The fourth-order valence-electron chi connectivity index (χ4n) is 2.44. The van der Waals surface area contributed by atoms with Gasteiger partial charge < -0.3 is 35.9 Å². The van der Waals surface area contributed by atoms with Crippen LogP contribution in [0.25, 0.3) is 0 Å². The fourth-order valence-corrected chi connectivity index (χ4v) is 2.44. The van der Waals surface area contributed by atoms with Crippen LogP contribution in [0.1, 0.15) is 24.3 Å². The van der Waals surface area contributed by atoms with Crippen LogP contribution in [0.2, 0.25) is 0 Å². The van der Waals surface area contributed by atoms with Gasteiger partial charge in [0.2, 0.25) is 5.91 Å². The Bertz CT molecular complexity index is 614. The second-order valence-electron chi connectivity index (χ2n) is 5.25. The zero-order chi connectivity index (χ0) is 17.7. The number of hydrogen-bond donors (Lipinski definition) is 5. The maximum absolute atomic E-state index is 11.7. The predicted molar refractivity (Wildman–Crippen MR) is 84.8 cm³/mol. The van der Waals surface area contributed by atoms with E-state index < -0.39 is 31.3 Å². The molecule has 9 nitrogen and oxygen atoms in total. The number of nitrogens with one attached hydrogen (secondary N) is 2. The average molecular weight is 337 g/mol. The van der Waals surface area contributed by atoms with E-state index in [1.807, 2.05) is 0 Å². The molecule has 130 valence electrons. The van der Waals surface area contributed by atoms with Crippen molar-refractivity contribution in [3.63, 3.8) is 0 Å². The number of nitrogens with two attached hydrogens (primary N) is 1. The van der Waals surface area contributed by atoms with E-state index in [1.165, 1.54) is 0 Å². The van der Waals surface area contributed by atoms with Crippen molar-refractivity contribution in [1.29, 1.82) is 0 Å². The van der Waals surface area contributed by atoms with E-state index >= 15 is 0 Å². The van der Waals surface area contributed by atoms with Gasteiger partial charge in [-0.2, -0.15) is 0 Å². The van der Waals surface area contributed by atoms with E-state index in [1.54, 1.807) is 25.1 Å². The molecule has 24 heavy (non-hydrogen) atoms. The second-order valence-corrected chi connectivity index (χ2v) is 5.25. The molecule has 10 heteroatoms. The Morgan fingerprint density at radius 3 is 2.96 bits per heavy atom. The third kappa shape index (κ3) is 4.37. The summed E-state index contributed by atoms with van der Waals surface area (Å²) < 4.78 is 10.6. The van der Waals surface area contributed by atoms with Crippen molar-refractivity contribution in [3.05, 3.63) is 29.3 Å². The van der Waals surface area contributed by atoms with Gasteiger partial charge >= 0.3 is 13.1 Å². The predicted octanol–water partition coefficient (Wildman–Crippen LogP) is -1.18. The van der Waals surface area contributed by atoms with Crippen LogP contribution in [0.3, 0.4) is 0 Å². The van der Waals surface area contributed by atoms with Gasteiger partial charge in [0.15, 0.2) is 6.29 Å². The van der Waals surface area contributed by atoms with E-state index in [-0.39, 0.29) is 6.54 Å². The molecule has 0 radical (unpaired) electrons. The Morgan fingerprint density at radius 2 is 2.29 bits per heavy atom. The molecule has 0 bridgehead atoms. The highest BCUT2D eigenvalue weighted by Gasteiger charge is 2.37. The summed E-state index contributed by atoms with van der Waals surface area (Å²) >= 11 is 0. The number of para-hydroxylation sites is 1. The zero-order valence-electron chi connectivity index (χ0n) is 13.2. The van der Waals surface area contributed by atoms with Crippen molar-refractivity contribution in [2.45, 2.75) is 25.6 Å². The molecule has 0 saturated carbocycles. The number of aliphatic hydroxyl groups is 1. The summed E-state index contributed by atoms with van der Waals surface area (Å²) in [6, 6.07) is 4.32. The molecule has 1 unspecified atom stereocenters. The highest BCUT2D eigenvalue weighted by Crippen LogP contribution is 2.34. The van der Waals surface area contributed by atoms with Crippen molar-refractivity contribution in [1.82, 2.24) is 10.6 Å². The number of hydrogen-bond acceptors (Lipinski definition) is 6. The molecule has 1 heterocycles. The number of urea groups is 1. The molecule has 2 rings (SSSR count). The van der Waals surface area contributed by atoms with Crippen LogP contribution in [0.5, 0.6) is 5.75 Å². The van der Waals surface area contributed by atoms with E-state index in [4.69, 9.17) is 15.1 Å². The minimum Gasteiger partial charge on any atom is -0.534 e. The lowest BCUT2D eigenvalue weighted by Gasteiger charge is -2.30.